The lowest BCUT2D eigenvalue weighted by atomic mass is 9.95. The van der Waals surface area contributed by atoms with Gasteiger partial charge in [0.1, 0.15) is 11.3 Å². The fraction of sp³-hybridized carbons (Fsp3) is 0.500. The van der Waals surface area contributed by atoms with Crippen LogP contribution in [0.3, 0.4) is 0 Å². The van der Waals surface area contributed by atoms with Crippen LogP contribution in [-0.2, 0) is 9.59 Å². The minimum atomic E-state index is -0.258. The molecule has 1 unspecified atom stereocenters. The van der Waals surface area contributed by atoms with E-state index in [1.807, 2.05) is 31.2 Å². The van der Waals surface area contributed by atoms with Crippen LogP contribution >= 0.6 is 0 Å². The number of nitrogens with zero attached hydrogens (tertiary/aromatic N) is 4. The molecule has 7 nitrogen and oxygen atoms in total. The lowest BCUT2D eigenvalue weighted by Gasteiger charge is -2.40. The topological polar surface area (TPSA) is 70.5 Å². The maximum absolute atomic E-state index is 14.4. The van der Waals surface area contributed by atoms with Gasteiger partial charge in [0, 0.05) is 51.6 Å². The lowest BCUT2D eigenvalue weighted by molar-refractivity contribution is -0.128. The Labute approximate surface area is 224 Å². The number of hydrogen-bond donors (Lipinski definition) is 1. The summed E-state index contributed by atoms with van der Waals surface area (Å²) in [6, 6.07) is 16.6. The number of piperidine rings is 1. The van der Waals surface area contributed by atoms with Crippen molar-refractivity contribution in [2.45, 2.75) is 76.5 Å². The first-order valence-corrected chi connectivity index (χ1v) is 13.8. The van der Waals surface area contributed by atoms with E-state index in [1.165, 1.54) is 25.8 Å². The number of benzene rings is 2. The standard InChI is InChI=1S/C30H38FN5O2/c1-20-32-30-26(31)10-7-11-28(30)36(20)25-18-23-12-13-24(19-25)35(23)17-14-27(22-8-5-4-6-9-22)33-29(38)15-16-34(3)21(2)37/h4-11,23-25,27H,12-19H2,1-3H3,(H,33,38)/t23-,24+,25?,27-/m0/s1. The Balaban J connectivity index is 1.25. The summed E-state index contributed by atoms with van der Waals surface area (Å²) in [5, 5.41) is 3.23. The second kappa shape index (κ2) is 11.2. The highest BCUT2D eigenvalue weighted by Gasteiger charge is 2.42. The Morgan fingerprint density at radius 1 is 1.08 bits per heavy atom. The summed E-state index contributed by atoms with van der Waals surface area (Å²) >= 11 is 0. The van der Waals surface area contributed by atoms with Crippen molar-refractivity contribution in [2.24, 2.45) is 0 Å². The smallest absolute Gasteiger partial charge is 0.222 e. The zero-order valence-electron chi connectivity index (χ0n) is 22.6. The van der Waals surface area contributed by atoms with Crippen LogP contribution in [0.25, 0.3) is 11.0 Å². The maximum Gasteiger partial charge on any atom is 0.222 e. The predicted octanol–water partition coefficient (Wildman–Crippen LogP) is 4.77. The van der Waals surface area contributed by atoms with Crippen LogP contribution in [0.4, 0.5) is 4.39 Å². The molecule has 5 rings (SSSR count). The molecule has 4 atom stereocenters. The minimum absolute atomic E-state index is 0.0386. The van der Waals surface area contributed by atoms with Crippen LogP contribution < -0.4 is 5.32 Å². The van der Waals surface area contributed by atoms with E-state index in [2.05, 4.69) is 31.9 Å². The summed E-state index contributed by atoms with van der Waals surface area (Å²) in [6.07, 6.45) is 5.50. The fourth-order valence-electron chi connectivity index (χ4n) is 6.46. The second-order valence-corrected chi connectivity index (χ2v) is 10.9. The van der Waals surface area contributed by atoms with Gasteiger partial charge in [0.25, 0.3) is 0 Å². The van der Waals surface area contributed by atoms with Crippen molar-refractivity contribution in [3.63, 3.8) is 0 Å². The van der Waals surface area contributed by atoms with Crippen LogP contribution in [0.5, 0.6) is 0 Å². The summed E-state index contributed by atoms with van der Waals surface area (Å²) < 4.78 is 16.6. The molecule has 38 heavy (non-hydrogen) atoms. The molecular weight excluding hydrogens is 481 g/mol. The molecule has 2 aliphatic heterocycles. The lowest BCUT2D eigenvalue weighted by Crippen LogP contribution is -2.45. The summed E-state index contributed by atoms with van der Waals surface area (Å²) in [5.41, 5.74) is 2.46. The number of aromatic nitrogens is 2. The molecule has 0 aliphatic carbocycles. The van der Waals surface area contributed by atoms with Crippen molar-refractivity contribution in [3.05, 3.63) is 65.7 Å². The van der Waals surface area contributed by atoms with Crippen molar-refractivity contribution >= 4 is 22.8 Å². The van der Waals surface area contributed by atoms with E-state index in [-0.39, 0.29) is 30.1 Å². The van der Waals surface area contributed by atoms with Crippen LogP contribution in [-0.4, -0.2) is 63.4 Å². The first kappa shape index (κ1) is 26.4. The van der Waals surface area contributed by atoms with Crippen molar-refractivity contribution < 1.29 is 14.0 Å². The summed E-state index contributed by atoms with van der Waals surface area (Å²) in [4.78, 5) is 33.0. The summed E-state index contributed by atoms with van der Waals surface area (Å²) in [7, 11) is 1.72. The van der Waals surface area contributed by atoms with E-state index in [1.54, 1.807) is 18.0 Å². The van der Waals surface area contributed by atoms with E-state index in [0.29, 0.717) is 30.2 Å². The van der Waals surface area contributed by atoms with Crippen molar-refractivity contribution in [3.8, 4) is 0 Å². The first-order valence-electron chi connectivity index (χ1n) is 13.8. The molecule has 2 amide bonds. The third kappa shape index (κ3) is 5.46. The predicted molar refractivity (Wildman–Crippen MR) is 146 cm³/mol. The van der Waals surface area contributed by atoms with Gasteiger partial charge >= 0.3 is 0 Å². The first-order chi connectivity index (χ1) is 18.3. The number of aryl methyl sites for hydroxylation is 1. The molecule has 8 heteroatoms. The molecule has 1 N–H and O–H groups in total. The number of nitrogens with one attached hydrogen (secondary N) is 1. The minimum Gasteiger partial charge on any atom is -0.349 e. The van der Waals surface area contributed by atoms with Gasteiger partial charge in [-0.05, 0) is 56.7 Å². The third-order valence-electron chi connectivity index (χ3n) is 8.50. The van der Waals surface area contributed by atoms with Gasteiger partial charge in [-0.1, -0.05) is 36.4 Å². The average Bonchev–Trinajstić information content (AvgIpc) is 3.37. The molecule has 2 saturated heterocycles. The molecular formula is C30H38FN5O2. The van der Waals surface area contributed by atoms with Gasteiger partial charge in [0.05, 0.1) is 11.6 Å². The quantitative estimate of drug-likeness (QED) is 0.442. The van der Waals surface area contributed by atoms with Gasteiger partial charge in [0.15, 0.2) is 5.82 Å². The fourth-order valence-corrected chi connectivity index (χ4v) is 6.46. The normalized spacial score (nSPS) is 21.9. The monoisotopic (exact) mass is 519 g/mol. The van der Waals surface area contributed by atoms with Crippen LogP contribution in [0.15, 0.2) is 48.5 Å². The van der Waals surface area contributed by atoms with E-state index >= 15 is 0 Å². The number of carbonyl (C=O) groups is 2. The molecule has 3 aromatic rings. The van der Waals surface area contributed by atoms with Crippen molar-refractivity contribution in [1.82, 2.24) is 24.7 Å². The number of para-hydroxylation sites is 1. The number of hydrogen-bond acceptors (Lipinski definition) is 4. The summed E-state index contributed by atoms with van der Waals surface area (Å²) in [5.74, 6) is 0.542. The molecule has 2 fully saturated rings. The number of halogens is 1. The summed E-state index contributed by atoms with van der Waals surface area (Å²) in [6.45, 7) is 4.81. The molecule has 0 saturated carbocycles. The Hall–Kier alpha value is -3.26. The van der Waals surface area contributed by atoms with Gasteiger partial charge in [-0.3, -0.25) is 14.5 Å². The van der Waals surface area contributed by atoms with Gasteiger partial charge < -0.3 is 14.8 Å². The van der Waals surface area contributed by atoms with E-state index < -0.39 is 0 Å². The maximum atomic E-state index is 14.4. The molecule has 0 radical (unpaired) electrons. The van der Waals surface area contributed by atoms with Gasteiger partial charge in [-0.25, -0.2) is 9.37 Å². The molecule has 2 aromatic carbocycles. The molecule has 0 spiro atoms. The Kier molecular flexibility index (Phi) is 7.79. The number of imidazole rings is 1. The van der Waals surface area contributed by atoms with Gasteiger partial charge in [0.2, 0.25) is 11.8 Å². The molecule has 2 aliphatic rings. The van der Waals surface area contributed by atoms with Crippen LogP contribution in [0.2, 0.25) is 0 Å². The highest BCUT2D eigenvalue weighted by molar-refractivity contribution is 5.78. The van der Waals surface area contributed by atoms with Gasteiger partial charge in [-0.2, -0.15) is 0 Å². The van der Waals surface area contributed by atoms with Crippen molar-refractivity contribution in [1.29, 1.82) is 0 Å². The number of amides is 2. The molecule has 202 valence electrons. The third-order valence-corrected chi connectivity index (χ3v) is 8.50. The highest BCUT2D eigenvalue weighted by atomic mass is 19.1. The molecule has 3 heterocycles. The van der Waals surface area contributed by atoms with E-state index in [4.69, 9.17) is 0 Å². The van der Waals surface area contributed by atoms with E-state index in [0.717, 1.165) is 42.7 Å². The number of fused-ring (bicyclic) bond motifs is 3. The highest BCUT2D eigenvalue weighted by Crippen LogP contribution is 2.42. The Bertz CT molecular complexity index is 1280. The second-order valence-electron chi connectivity index (χ2n) is 10.9. The van der Waals surface area contributed by atoms with Crippen molar-refractivity contribution in [2.75, 3.05) is 20.1 Å². The SMILES string of the molecule is CC(=O)N(C)CCC(=O)N[C@@H](CCN1[C@@H]2CC[C@H]1CC(n1c(C)nc3c(F)cccc31)C2)c1ccccc1. The Morgan fingerprint density at radius 3 is 2.47 bits per heavy atom. The zero-order chi connectivity index (χ0) is 26.8. The number of rotatable bonds is 9. The average molecular weight is 520 g/mol. The zero-order valence-corrected chi connectivity index (χ0v) is 22.6. The van der Waals surface area contributed by atoms with Crippen LogP contribution in [0.1, 0.15) is 68.9 Å². The Morgan fingerprint density at radius 2 is 1.79 bits per heavy atom. The molecule has 2 bridgehead atoms. The van der Waals surface area contributed by atoms with Gasteiger partial charge in [-0.15, -0.1) is 0 Å². The van der Waals surface area contributed by atoms with E-state index in [9.17, 15) is 14.0 Å². The largest absolute Gasteiger partial charge is 0.349 e. The number of carbonyl (C=O) groups excluding carboxylic acids is 2. The van der Waals surface area contributed by atoms with Crippen LogP contribution in [0, 0.1) is 12.7 Å². The molecule has 1 aromatic heterocycles.